The second-order valence-electron chi connectivity index (χ2n) is 6.04. The van der Waals surface area contributed by atoms with E-state index in [1.807, 2.05) is 25.2 Å². The third-order valence-corrected chi connectivity index (χ3v) is 3.33. The van der Waals surface area contributed by atoms with Crippen LogP contribution in [0.25, 0.3) is 16.6 Å². The normalized spacial score (nSPS) is 13.2. The fourth-order valence-corrected chi connectivity index (χ4v) is 2.36. The first kappa shape index (κ1) is 13.9. The van der Waals surface area contributed by atoms with Crippen LogP contribution in [-0.4, -0.2) is 14.4 Å². The second-order valence-corrected chi connectivity index (χ2v) is 6.04. The molecule has 0 saturated carbocycles. The molecule has 0 amide bonds. The third-order valence-electron chi connectivity index (χ3n) is 3.33. The number of hydrogen-bond donors (Lipinski definition) is 0. The van der Waals surface area contributed by atoms with E-state index >= 15 is 0 Å². The molecule has 0 aliphatic heterocycles. The average molecular weight is 293 g/mol. The summed E-state index contributed by atoms with van der Waals surface area (Å²) in [5.41, 5.74) is -0.0631. The molecule has 1 aromatic carbocycles. The number of imidazole rings is 1. The minimum Gasteiger partial charge on any atom is -0.287 e. The zero-order chi connectivity index (χ0) is 15.4. The molecular formula is C15H14F3N3. The molecule has 0 aliphatic rings. The standard InChI is InChI=1S/C15H14F3N3/c1-14(2,3)13-20-11-8-9(15(16,17)18)4-5-10(11)12-19-6-7-21(12)13/h4-8H,1-3H3. The van der Waals surface area contributed by atoms with E-state index in [1.54, 1.807) is 12.4 Å². The molecule has 0 atom stereocenters. The monoisotopic (exact) mass is 293 g/mol. The summed E-state index contributed by atoms with van der Waals surface area (Å²) in [7, 11) is 0. The molecule has 0 unspecified atom stereocenters. The highest BCUT2D eigenvalue weighted by atomic mass is 19.4. The maximum atomic E-state index is 12.9. The Kier molecular flexibility index (Phi) is 2.77. The Hall–Kier alpha value is -2.11. The highest BCUT2D eigenvalue weighted by Crippen LogP contribution is 2.33. The predicted molar refractivity (Wildman–Crippen MR) is 74.2 cm³/mol. The van der Waals surface area contributed by atoms with E-state index in [9.17, 15) is 13.2 Å². The summed E-state index contributed by atoms with van der Waals surface area (Å²) >= 11 is 0. The van der Waals surface area contributed by atoms with Gasteiger partial charge in [0.2, 0.25) is 0 Å². The molecule has 0 fully saturated rings. The van der Waals surface area contributed by atoms with Crippen LogP contribution in [0.3, 0.4) is 0 Å². The molecular weight excluding hydrogens is 279 g/mol. The fourth-order valence-electron chi connectivity index (χ4n) is 2.36. The van der Waals surface area contributed by atoms with E-state index in [-0.39, 0.29) is 5.41 Å². The van der Waals surface area contributed by atoms with Crippen LogP contribution in [0.5, 0.6) is 0 Å². The molecule has 3 aromatic rings. The van der Waals surface area contributed by atoms with Crippen molar-refractivity contribution in [3.63, 3.8) is 0 Å². The number of nitrogens with zero attached hydrogens (tertiary/aromatic N) is 3. The first-order valence-electron chi connectivity index (χ1n) is 6.52. The Morgan fingerprint density at radius 1 is 1.10 bits per heavy atom. The van der Waals surface area contributed by atoms with Gasteiger partial charge in [-0.05, 0) is 18.2 Å². The number of fused-ring (bicyclic) bond motifs is 3. The van der Waals surface area contributed by atoms with Crippen molar-refractivity contribution in [1.82, 2.24) is 14.4 Å². The van der Waals surface area contributed by atoms with Gasteiger partial charge in [-0.2, -0.15) is 13.2 Å². The number of benzene rings is 1. The SMILES string of the molecule is CC(C)(C)c1nc2cc(C(F)(F)F)ccc2c2nccn12. The molecule has 0 spiro atoms. The van der Waals surface area contributed by atoms with Crippen LogP contribution < -0.4 is 0 Å². The maximum Gasteiger partial charge on any atom is 0.416 e. The minimum atomic E-state index is -4.38. The van der Waals surface area contributed by atoms with Crippen molar-refractivity contribution in [2.24, 2.45) is 0 Å². The van der Waals surface area contributed by atoms with Crippen LogP contribution in [0.15, 0.2) is 30.6 Å². The zero-order valence-electron chi connectivity index (χ0n) is 11.9. The molecule has 0 N–H and O–H groups in total. The van der Waals surface area contributed by atoms with Crippen molar-refractivity contribution in [2.75, 3.05) is 0 Å². The van der Waals surface area contributed by atoms with Gasteiger partial charge in [0.25, 0.3) is 0 Å². The van der Waals surface area contributed by atoms with Crippen LogP contribution in [-0.2, 0) is 11.6 Å². The molecule has 3 rings (SSSR count). The van der Waals surface area contributed by atoms with Crippen molar-refractivity contribution in [1.29, 1.82) is 0 Å². The number of rotatable bonds is 0. The lowest BCUT2D eigenvalue weighted by atomic mass is 9.95. The Balaban J connectivity index is 2.40. The van der Waals surface area contributed by atoms with Crippen LogP contribution in [0.2, 0.25) is 0 Å². The first-order chi connectivity index (χ1) is 9.68. The first-order valence-corrected chi connectivity index (χ1v) is 6.52. The summed E-state index contributed by atoms with van der Waals surface area (Å²) in [5.74, 6) is 0.682. The molecule has 0 bridgehead atoms. The Labute approximate surface area is 119 Å². The Morgan fingerprint density at radius 2 is 1.81 bits per heavy atom. The van der Waals surface area contributed by atoms with Gasteiger partial charge in [0.15, 0.2) is 0 Å². The number of halogens is 3. The second kappa shape index (κ2) is 4.19. The van der Waals surface area contributed by atoms with Gasteiger partial charge in [-0.25, -0.2) is 9.97 Å². The topological polar surface area (TPSA) is 30.2 Å². The van der Waals surface area contributed by atoms with E-state index in [0.717, 1.165) is 12.1 Å². The van der Waals surface area contributed by atoms with Crippen molar-refractivity contribution < 1.29 is 13.2 Å². The smallest absolute Gasteiger partial charge is 0.287 e. The number of aromatic nitrogens is 3. The fraction of sp³-hybridized carbons (Fsp3) is 0.333. The lowest BCUT2D eigenvalue weighted by molar-refractivity contribution is -0.137. The lowest BCUT2D eigenvalue weighted by Gasteiger charge is -2.20. The van der Waals surface area contributed by atoms with Gasteiger partial charge in [-0.15, -0.1) is 0 Å². The highest BCUT2D eigenvalue weighted by molar-refractivity contribution is 5.92. The van der Waals surface area contributed by atoms with Gasteiger partial charge in [0.05, 0.1) is 11.1 Å². The van der Waals surface area contributed by atoms with Crippen molar-refractivity contribution in [3.05, 3.63) is 42.0 Å². The summed E-state index contributed by atoms with van der Waals surface area (Å²) in [6, 6.07) is 3.58. The van der Waals surface area contributed by atoms with Gasteiger partial charge in [0, 0.05) is 23.2 Å². The molecule has 0 radical (unpaired) electrons. The molecule has 0 aliphatic carbocycles. The van der Waals surface area contributed by atoms with E-state index in [4.69, 9.17) is 0 Å². The molecule has 2 heterocycles. The molecule has 0 saturated heterocycles. The predicted octanol–water partition coefficient (Wildman–Crippen LogP) is 4.20. The molecule has 110 valence electrons. The largest absolute Gasteiger partial charge is 0.416 e. The van der Waals surface area contributed by atoms with E-state index < -0.39 is 11.7 Å². The van der Waals surface area contributed by atoms with Crippen LogP contribution >= 0.6 is 0 Å². The molecule has 6 heteroatoms. The number of hydrogen-bond acceptors (Lipinski definition) is 2. The van der Waals surface area contributed by atoms with Gasteiger partial charge in [0.1, 0.15) is 11.5 Å². The molecule has 21 heavy (non-hydrogen) atoms. The lowest BCUT2D eigenvalue weighted by Crippen LogP contribution is -2.18. The van der Waals surface area contributed by atoms with Crippen LogP contribution in [0, 0.1) is 0 Å². The molecule has 2 aromatic heterocycles. The summed E-state index contributed by atoms with van der Waals surface area (Å²) in [6.45, 7) is 5.90. The third kappa shape index (κ3) is 2.24. The molecule has 3 nitrogen and oxygen atoms in total. The van der Waals surface area contributed by atoms with Gasteiger partial charge < -0.3 is 0 Å². The summed E-state index contributed by atoms with van der Waals surface area (Å²) < 4.78 is 40.4. The van der Waals surface area contributed by atoms with Crippen molar-refractivity contribution >= 4 is 16.6 Å². The Bertz CT molecular complexity index is 826. The van der Waals surface area contributed by atoms with Gasteiger partial charge in [-0.1, -0.05) is 20.8 Å². The van der Waals surface area contributed by atoms with Crippen LogP contribution in [0.1, 0.15) is 32.2 Å². The summed E-state index contributed by atoms with van der Waals surface area (Å²) in [5, 5.41) is 0.612. The van der Waals surface area contributed by atoms with Gasteiger partial charge >= 0.3 is 6.18 Å². The van der Waals surface area contributed by atoms with E-state index in [2.05, 4.69) is 9.97 Å². The quantitative estimate of drug-likeness (QED) is 0.622. The number of alkyl halides is 3. The summed E-state index contributed by atoms with van der Waals surface area (Å²) in [4.78, 5) is 8.70. The Morgan fingerprint density at radius 3 is 2.43 bits per heavy atom. The van der Waals surface area contributed by atoms with Gasteiger partial charge in [-0.3, -0.25) is 4.40 Å². The van der Waals surface area contributed by atoms with Crippen molar-refractivity contribution in [2.45, 2.75) is 32.4 Å². The van der Waals surface area contributed by atoms with Crippen LogP contribution in [0.4, 0.5) is 13.2 Å². The maximum absolute atomic E-state index is 12.9. The van der Waals surface area contributed by atoms with E-state index in [1.165, 1.54) is 6.07 Å². The van der Waals surface area contributed by atoms with E-state index in [0.29, 0.717) is 22.4 Å². The minimum absolute atomic E-state index is 0.304. The zero-order valence-corrected chi connectivity index (χ0v) is 11.9. The highest BCUT2D eigenvalue weighted by Gasteiger charge is 2.31. The van der Waals surface area contributed by atoms with Crippen molar-refractivity contribution in [3.8, 4) is 0 Å². The average Bonchev–Trinajstić information content (AvgIpc) is 2.83. The summed E-state index contributed by atoms with van der Waals surface area (Å²) in [6.07, 6.45) is -0.970.